The smallest absolute Gasteiger partial charge is 0.339 e. The summed E-state index contributed by atoms with van der Waals surface area (Å²) >= 11 is 0. The number of hydrogen-bond donors (Lipinski definition) is 1. The number of rotatable bonds is 6. The maximum absolute atomic E-state index is 13.5. The predicted octanol–water partition coefficient (Wildman–Crippen LogP) is 6.69. The van der Waals surface area contributed by atoms with Gasteiger partial charge in [0, 0.05) is 24.5 Å². The molecule has 1 saturated heterocycles. The van der Waals surface area contributed by atoms with Crippen LogP contribution >= 0.6 is 0 Å². The van der Waals surface area contributed by atoms with Gasteiger partial charge in [-0.05, 0) is 68.2 Å². The van der Waals surface area contributed by atoms with E-state index in [-0.39, 0.29) is 29.5 Å². The molecule has 0 amide bonds. The van der Waals surface area contributed by atoms with Crippen LogP contribution < -0.4 is 9.64 Å². The van der Waals surface area contributed by atoms with Crippen LogP contribution in [0.15, 0.2) is 53.7 Å². The number of allylic oxidation sites excluding steroid dienone is 3. The largest absolute Gasteiger partial charge is 0.490 e. The van der Waals surface area contributed by atoms with Crippen LogP contribution in [0, 0.1) is 22.5 Å². The number of aromatic nitrogens is 2. The number of carbonyl (C=O) groups is 1. The van der Waals surface area contributed by atoms with Gasteiger partial charge in [-0.2, -0.15) is 0 Å². The van der Waals surface area contributed by atoms with Crippen LogP contribution in [0.1, 0.15) is 63.7 Å². The normalized spacial score (nSPS) is 18.6. The number of hydrogen-bond acceptors (Lipinski definition) is 7. The Labute approximate surface area is 235 Å². The molecule has 8 nitrogen and oxygen atoms in total. The Hall–Kier alpha value is -3.87. The molecular weight excluding hydrogens is 510 g/mol. The number of nitriles is 1. The van der Waals surface area contributed by atoms with Crippen molar-refractivity contribution in [2.24, 2.45) is 5.41 Å². The summed E-state index contributed by atoms with van der Waals surface area (Å²) in [5.41, 5.74) is 2.55. The van der Waals surface area contributed by atoms with Gasteiger partial charge in [0.15, 0.2) is 11.6 Å². The molecule has 1 aromatic carbocycles. The minimum Gasteiger partial charge on any atom is -0.490 e. The first kappa shape index (κ1) is 29.1. The minimum atomic E-state index is -1.27. The minimum absolute atomic E-state index is 0.0345. The Bertz CT molecular complexity index is 1340. The molecule has 1 aromatic heterocycles. The fourth-order valence-corrected chi connectivity index (χ4v) is 5.96. The van der Waals surface area contributed by atoms with E-state index in [4.69, 9.17) is 9.47 Å². The lowest BCUT2D eigenvalue weighted by atomic mass is 9.48. The quantitative estimate of drug-likeness (QED) is 0.399. The van der Waals surface area contributed by atoms with E-state index in [0.29, 0.717) is 11.6 Å². The summed E-state index contributed by atoms with van der Waals surface area (Å²) in [5.74, 6) is 2.42. The van der Waals surface area contributed by atoms with E-state index >= 15 is 0 Å². The Morgan fingerprint density at radius 2 is 1.95 bits per heavy atom. The van der Waals surface area contributed by atoms with Crippen molar-refractivity contribution < 1.29 is 23.8 Å². The van der Waals surface area contributed by atoms with Crippen molar-refractivity contribution in [2.45, 2.75) is 72.1 Å². The lowest BCUT2D eigenvalue weighted by molar-refractivity contribution is -0.0653. The number of anilines is 1. The third kappa shape index (κ3) is 5.84. The van der Waals surface area contributed by atoms with Crippen molar-refractivity contribution in [1.82, 2.24) is 9.97 Å². The first-order valence-corrected chi connectivity index (χ1v) is 14.2. The first-order valence-electron chi connectivity index (χ1n) is 14.2. The van der Waals surface area contributed by atoms with Crippen molar-refractivity contribution in [3.63, 3.8) is 0 Å². The third-order valence-electron chi connectivity index (χ3n) is 7.64. The Balaban J connectivity index is 0.000000886. The molecule has 2 aliphatic heterocycles. The van der Waals surface area contributed by atoms with Crippen molar-refractivity contribution >= 4 is 18.5 Å². The van der Waals surface area contributed by atoms with E-state index in [1.54, 1.807) is 0 Å². The Kier molecular flexibility index (Phi) is 9.13. The molecule has 2 aliphatic carbocycles. The highest BCUT2D eigenvalue weighted by Gasteiger charge is 2.54. The fourth-order valence-electron chi connectivity index (χ4n) is 5.96. The molecule has 210 valence electrons. The molecule has 1 N–H and O–H groups in total. The summed E-state index contributed by atoms with van der Waals surface area (Å²) < 4.78 is 25.8. The van der Waals surface area contributed by atoms with Crippen molar-refractivity contribution in [2.75, 3.05) is 18.0 Å². The van der Waals surface area contributed by atoms with Gasteiger partial charge in [-0.15, -0.1) is 0 Å². The number of carboxylic acids is 1. The molecule has 2 aromatic rings. The van der Waals surface area contributed by atoms with Gasteiger partial charge in [-0.1, -0.05) is 33.3 Å². The average Bonchev–Trinajstić information content (AvgIpc) is 3.37. The number of ether oxygens (including phenoxy) is 2. The van der Waals surface area contributed by atoms with Crippen LogP contribution in [-0.4, -0.2) is 47.0 Å². The molecule has 6 rings (SSSR count). The number of carboxylic acid groups (broad SMARTS) is 1. The summed E-state index contributed by atoms with van der Waals surface area (Å²) in [5, 5.41) is 18.7. The monoisotopic (exact) mass is 546 g/mol. The molecule has 0 unspecified atom stereocenters. The Morgan fingerprint density at radius 1 is 1.20 bits per heavy atom. The maximum Gasteiger partial charge on any atom is 0.339 e. The number of benzene rings is 1. The summed E-state index contributed by atoms with van der Waals surface area (Å²) in [6.07, 6.45) is 10.9. The molecule has 1 saturated carbocycles. The van der Waals surface area contributed by atoms with Gasteiger partial charge in [0.1, 0.15) is 35.3 Å². The summed E-state index contributed by atoms with van der Waals surface area (Å²) in [4.78, 5) is 22.0. The molecule has 10 heteroatoms. The lowest BCUT2D eigenvalue weighted by Crippen LogP contribution is -2.64. The molecule has 1 spiro atoms. The summed E-state index contributed by atoms with van der Waals surface area (Å²) in [6, 6.07) is 3.39. The number of nitrogens with zero attached hydrogens (tertiary/aromatic N) is 4. The summed E-state index contributed by atoms with van der Waals surface area (Å²) in [6.45, 7) is 9.66. The molecule has 3 heterocycles. The van der Waals surface area contributed by atoms with E-state index in [9.17, 15) is 19.6 Å². The standard InChI is InChI=1S/C26H24BFN4O4.2C2H6/c28-17-4-5-22(19(6-17)25(33)34)36-23-11-30-15-31-24(23)32-12-26(13-32)7-18(8-26)35-21-3-1-2-16-9-27(14-29)10-20(16)21;2*1-2/h3-6,11,15,18H,1-2,7-10,12-13H2,(H,33,34);2*1-2H3. The highest BCUT2D eigenvalue weighted by molar-refractivity contribution is 6.69. The second-order valence-electron chi connectivity index (χ2n) is 10.2. The zero-order valence-electron chi connectivity index (χ0n) is 23.6. The first-order chi connectivity index (χ1) is 19.4. The second-order valence-corrected chi connectivity index (χ2v) is 10.2. The second kappa shape index (κ2) is 12.5. The van der Waals surface area contributed by atoms with E-state index in [1.165, 1.54) is 29.7 Å². The van der Waals surface area contributed by atoms with Crippen LogP contribution in [-0.2, 0) is 4.74 Å². The highest BCUT2D eigenvalue weighted by atomic mass is 19.1. The van der Waals surface area contributed by atoms with Crippen molar-refractivity contribution in [3.8, 4) is 17.5 Å². The zero-order valence-corrected chi connectivity index (χ0v) is 23.6. The van der Waals surface area contributed by atoms with Crippen LogP contribution in [0.4, 0.5) is 10.2 Å². The molecule has 0 atom stereocenters. The van der Waals surface area contributed by atoms with Crippen LogP contribution in [0.3, 0.4) is 0 Å². The van der Waals surface area contributed by atoms with E-state index < -0.39 is 11.8 Å². The van der Waals surface area contributed by atoms with Gasteiger partial charge in [-0.25, -0.2) is 24.4 Å². The number of halogens is 1. The molecule has 40 heavy (non-hydrogen) atoms. The topological polar surface area (TPSA) is 109 Å². The maximum atomic E-state index is 13.5. The fraction of sp³-hybridized carbons (Fsp3) is 0.467. The average molecular weight is 546 g/mol. The van der Waals surface area contributed by atoms with E-state index in [2.05, 4.69) is 26.9 Å². The van der Waals surface area contributed by atoms with Gasteiger partial charge in [0.2, 0.25) is 0 Å². The van der Waals surface area contributed by atoms with Gasteiger partial charge in [0.05, 0.1) is 6.20 Å². The van der Waals surface area contributed by atoms with Crippen LogP contribution in [0.25, 0.3) is 0 Å². The molecular formula is C30H36BFN4O4. The lowest BCUT2D eigenvalue weighted by Gasteiger charge is -2.59. The van der Waals surface area contributed by atoms with Gasteiger partial charge < -0.3 is 19.5 Å². The van der Waals surface area contributed by atoms with Gasteiger partial charge in [-0.3, -0.25) is 0 Å². The zero-order chi connectivity index (χ0) is 28.9. The van der Waals surface area contributed by atoms with Gasteiger partial charge in [0.25, 0.3) is 6.71 Å². The van der Waals surface area contributed by atoms with E-state index in [0.717, 1.165) is 69.3 Å². The van der Waals surface area contributed by atoms with Crippen molar-refractivity contribution in [3.05, 3.63) is 65.1 Å². The van der Waals surface area contributed by atoms with E-state index in [1.807, 2.05) is 27.7 Å². The Morgan fingerprint density at radius 3 is 2.65 bits per heavy atom. The predicted molar refractivity (Wildman–Crippen MR) is 152 cm³/mol. The SMILES string of the molecule is CC.CC.N#CB1CC2=C(C1)C(OC1CC3(C1)CN(c1ncncc1Oc1ccc(F)cc1C(=O)O)C3)=CCC2. The summed E-state index contributed by atoms with van der Waals surface area (Å²) in [7, 11) is 0. The number of aromatic carboxylic acids is 1. The molecule has 0 radical (unpaired) electrons. The molecule has 2 fully saturated rings. The van der Waals surface area contributed by atoms with Crippen LogP contribution in [0.5, 0.6) is 11.5 Å². The molecule has 4 aliphatic rings. The molecule has 0 bridgehead atoms. The third-order valence-corrected chi connectivity index (χ3v) is 7.64. The highest BCUT2D eigenvalue weighted by Crippen LogP contribution is 2.53. The van der Waals surface area contributed by atoms with Gasteiger partial charge >= 0.3 is 5.97 Å². The van der Waals surface area contributed by atoms with Crippen molar-refractivity contribution in [1.29, 1.82) is 5.26 Å². The van der Waals surface area contributed by atoms with Crippen LogP contribution in [0.2, 0.25) is 12.6 Å².